The summed E-state index contributed by atoms with van der Waals surface area (Å²) in [5, 5.41) is 4.49. The molecule has 2 aromatic heterocycles. The minimum Gasteiger partial charge on any atom is -0.491 e. The van der Waals surface area contributed by atoms with Gasteiger partial charge in [0, 0.05) is 25.3 Å². The average Bonchev–Trinajstić information content (AvgIpc) is 3.55. The molecule has 0 aliphatic rings. The first-order valence-electron chi connectivity index (χ1n) is 13.4. The molecule has 2 aromatic carbocycles. The number of hydrogen-bond acceptors (Lipinski definition) is 8. The quantitative estimate of drug-likeness (QED) is 0.120. The lowest BCUT2D eigenvalue weighted by molar-refractivity contribution is 0.0544. The van der Waals surface area contributed by atoms with Crippen molar-refractivity contribution >= 4 is 22.7 Å². The maximum atomic E-state index is 5.86. The molecule has 0 spiro atoms. The van der Waals surface area contributed by atoms with Gasteiger partial charge in [-0.25, -0.2) is 0 Å². The first-order valence-corrected chi connectivity index (χ1v) is 15.1. The summed E-state index contributed by atoms with van der Waals surface area (Å²) in [7, 11) is 3.33. The van der Waals surface area contributed by atoms with Crippen LogP contribution >= 0.6 is 22.7 Å². The first kappa shape index (κ1) is 30.2. The lowest BCUT2D eigenvalue weighted by atomic mass is 9.97. The molecular formula is C32H38O6S2. The molecule has 0 aliphatic carbocycles. The van der Waals surface area contributed by atoms with Crippen LogP contribution in [-0.4, -0.2) is 67.1 Å². The summed E-state index contributed by atoms with van der Waals surface area (Å²) in [5.74, 6) is 1.68. The van der Waals surface area contributed by atoms with Crippen molar-refractivity contribution in [2.24, 2.45) is 0 Å². The molecule has 0 amide bonds. The summed E-state index contributed by atoms with van der Waals surface area (Å²) >= 11 is 3.60. The van der Waals surface area contributed by atoms with Gasteiger partial charge in [-0.2, -0.15) is 0 Å². The Labute approximate surface area is 245 Å². The lowest BCUT2D eigenvalue weighted by Gasteiger charge is -2.11. The fourth-order valence-electron chi connectivity index (χ4n) is 4.30. The highest BCUT2D eigenvalue weighted by Gasteiger charge is 2.20. The van der Waals surface area contributed by atoms with Crippen LogP contribution in [0.3, 0.4) is 0 Å². The second-order valence-electron chi connectivity index (χ2n) is 9.20. The second kappa shape index (κ2) is 15.9. The van der Waals surface area contributed by atoms with E-state index >= 15 is 0 Å². The zero-order chi connectivity index (χ0) is 28.2. The highest BCUT2D eigenvalue weighted by Crippen LogP contribution is 2.48. The first-order chi connectivity index (χ1) is 19.6. The molecule has 4 aromatic rings. The van der Waals surface area contributed by atoms with E-state index in [0.29, 0.717) is 52.9 Å². The smallest absolute Gasteiger partial charge is 0.119 e. The molecule has 40 heavy (non-hydrogen) atoms. The predicted molar refractivity (Wildman–Crippen MR) is 164 cm³/mol. The van der Waals surface area contributed by atoms with Gasteiger partial charge < -0.3 is 28.4 Å². The summed E-state index contributed by atoms with van der Waals surface area (Å²) in [6, 6.07) is 16.7. The van der Waals surface area contributed by atoms with Gasteiger partial charge in [0.2, 0.25) is 0 Å². The molecule has 2 heterocycles. The van der Waals surface area contributed by atoms with Gasteiger partial charge in [-0.05, 0) is 71.1 Å². The van der Waals surface area contributed by atoms with Gasteiger partial charge in [0.25, 0.3) is 0 Å². The van der Waals surface area contributed by atoms with Crippen molar-refractivity contribution in [1.29, 1.82) is 0 Å². The zero-order valence-corrected chi connectivity index (χ0v) is 25.3. The van der Waals surface area contributed by atoms with Crippen LogP contribution in [0.2, 0.25) is 0 Å². The number of methoxy groups -OCH3 is 2. The van der Waals surface area contributed by atoms with Crippen molar-refractivity contribution in [2.45, 2.75) is 13.8 Å². The van der Waals surface area contributed by atoms with Crippen LogP contribution in [0.5, 0.6) is 11.5 Å². The summed E-state index contributed by atoms with van der Waals surface area (Å²) in [5.41, 5.74) is 7.46. The van der Waals surface area contributed by atoms with Crippen molar-refractivity contribution in [3.8, 4) is 43.5 Å². The summed E-state index contributed by atoms with van der Waals surface area (Å²) < 4.78 is 32.7. The molecule has 0 saturated heterocycles. The average molecular weight is 583 g/mol. The highest BCUT2D eigenvalue weighted by atomic mass is 32.1. The molecule has 0 fully saturated rings. The van der Waals surface area contributed by atoms with Crippen LogP contribution in [0.1, 0.15) is 11.1 Å². The van der Waals surface area contributed by atoms with Crippen LogP contribution in [0, 0.1) is 13.8 Å². The van der Waals surface area contributed by atoms with E-state index < -0.39 is 0 Å². The maximum absolute atomic E-state index is 5.86. The van der Waals surface area contributed by atoms with Crippen LogP contribution < -0.4 is 9.47 Å². The number of thiophene rings is 2. The molecule has 214 valence electrons. The lowest BCUT2D eigenvalue weighted by Crippen LogP contribution is -2.09. The van der Waals surface area contributed by atoms with Crippen LogP contribution in [-0.2, 0) is 18.9 Å². The molecule has 0 N–H and O–H groups in total. The van der Waals surface area contributed by atoms with Gasteiger partial charge in [-0.1, -0.05) is 24.3 Å². The largest absolute Gasteiger partial charge is 0.491 e. The van der Waals surface area contributed by atoms with Crippen molar-refractivity contribution in [3.63, 3.8) is 0 Å². The molecule has 8 heteroatoms. The molecule has 4 rings (SSSR count). The van der Waals surface area contributed by atoms with Crippen LogP contribution in [0.25, 0.3) is 32.0 Å². The zero-order valence-electron chi connectivity index (χ0n) is 23.7. The highest BCUT2D eigenvalue weighted by molar-refractivity contribution is 7.21. The van der Waals surface area contributed by atoms with Crippen LogP contribution in [0.4, 0.5) is 0 Å². The van der Waals surface area contributed by atoms with E-state index in [2.05, 4.69) is 48.9 Å². The fourth-order valence-corrected chi connectivity index (χ4v) is 6.63. The molecular weight excluding hydrogens is 544 g/mol. The molecule has 0 radical (unpaired) electrons. The van der Waals surface area contributed by atoms with Gasteiger partial charge >= 0.3 is 0 Å². The topological polar surface area (TPSA) is 55.4 Å². The van der Waals surface area contributed by atoms with Crippen LogP contribution in [0.15, 0.2) is 59.3 Å². The minimum atomic E-state index is 0.510. The van der Waals surface area contributed by atoms with E-state index in [9.17, 15) is 0 Å². The van der Waals surface area contributed by atoms with E-state index in [-0.39, 0.29) is 0 Å². The maximum Gasteiger partial charge on any atom is 0.119 e. The van der Waals surface area contributed by atoms with Crippen molar-refractivity contribution in [1.82, 2.24) is 0 Å². The monoisotopic (exact) mass is 582 g/mol. The Bertz CT molecular complexity index is 1190. The summed E-state index contributed by atoms with van der Waals surface area (Å²) in [4.78, 5) is 2.58. The van der Waals surface area contributed by atoms with E-state index in [1.54, 1.807) is 36.9 Å². The standard InChI is InChI=1S/C32H38O6S2/c1-23-21-39-31(29(23)25-5-9-27(10-6-25)37-19-17-35-15-13-33-3)32-30(24(2)22-40-32)26-7-11-28(12-8-26)38-20-18-36-16-14-34-4/h5-12,21-22H,13-20H2,1-4H3. The van der Waals surface area contributed by atoms with Crippen molar-refractivity contribution in [2.75, 3.05) is 67.1 Å². The third-order valence-corrected chi connectivity index (χ3v) is 8.66. The summed E-state index contributed by atoms with van der Waals surface area (Å²) in [6.07, 6.45) is 0. The fraction of sp³-hybridized carbons (Fsp3) is 0.375. The van der Waals surface area contributed by atoms with E-state index in [4.69, 9.17) is 28.4 Å². The molecule has 0 aliphatic heterocycles. The number of rotatable bonds is 17. The number of ether oxygens (including phenoxy) is 6. The third kappa shape index (κ3) is 8.16. The Kier molecular flexibility index (Phi) is 12.0. The number of benzene rings is 2. The summed E-state index contributed by atoms with van der Waals surface area (Å²) in [6.45, 7) is 8.79. The Morgan fingerprint density at radius 3 is 1.25 bits per heavy atom. The molecule has 0 unspecified atom stereocenters. The Balaban J connectivity index is 1.46. The van der Waals surface area contributed by atoms with E-state index in [1.165, 1.54) is 43.1 Å². The Morgan fingerprint density at radius 2 is 0.875 bits per heavy atom. The molecule has 0 bridgehead atoms. The van der Waals surface area contributed by atoms with Crippen molar-refractivity contribution < 1.29 is 28.4 Å². The van der Waals surface area contributed by atoms with Gasteiger partial charge in [-0.15, -0.1) is 22.7 Å². The SMILES string of the molecule is COCCOCCOc1ccc(-c2c(C)csc2-c2scc(C)c2-c2ccc(OCCOCCOC)cc2)cc1. The second-order valence-corrected chi connectivity index (χ2v) is 11.0. The Morgan fingerprint density at radius 1 is 0.500 bits per heavy atom. The van der Waals surface area contributed by atoms with Gasteiger partial charge in [0.1, 0.15) is 24.7 Å². The van der Waals surface area contributed by atoms with Gasteiger partial charge in [0.05, 0.1) is 49.4 Å². The van der Waals surface area contributed by atoms with Crippen molar-refractivity contribution in [3.05, 3.63) is 70.4 Å². The predicted octanol–water partition coefficient (Wildman–Crippen LogP) is 7.51. The van der Waals surface area contributed by atoms with Gasteiger partial charge in [0.15, 0.2) is 0 Å². The normalized spacial score (nSPS) is 11.2. The Hall–Kier alpha value is -2.72. The molecule has 0 atom stereocenters. The number of aryl methyl sites for hydroxylation is 2. The van der Waals surface area contributed by atoms with E-state index in [0.717, 1.165) is 11.5 Å². The van der Waals surface area contributed by atoms with E-state index in [1.807, 2.05) is 24.3 Å². The molecule has 0 saturated carbocycles. The number of hydrogen-bond donors (Lipinski definition) is 0. The van der Waals surface area contributed by atoms with Gasteiger partial charge in [-0.3, -0.25) is 0 Å². The molecule has 6 nitrogen and oxygen atoms in total. The third-order valence-electron chi connectivity index (χ3n) is 6.30. The minimum absolute atomic E-state index is 0.510.